The van der Waals surface area contributed by atoms with Crippen molar-refractivity contribution >= 4 is 17.9 Å². The first-order valence-corrected chi connectivity index (χ1v) is 10.2. The van der Waals surface area contributed by atoms with E-state index in [4.69, 9.17) is 9.15 Å². The predicted octanol–water partition coefficient (Wildman–Crippen LogP) is 3.08. The Morgan fingerprint density at radius 2 is 1.93 bits per heavy atom. The van der Waals surface area contributed by atoms with Gasteiger partial charge in [-0.1, -0.05) is 13.8 Å². The van der Waals surface area contributed by atoms with E-state index < -0.39 is 23.3 Å². The van der Waals surface area contributed by atoms with Gasteiger partial charge in [0.2, 0.25) is 5.91 Å². The predicted molar refractivity (Wildman–Crippen MR) is 108 cm³/mol. The van der Waals surface area contributed by atoms with Crippen molar-refractivity contribution in [2.24, 2.45) is 0 Å². The summed E-state index contributed by atoms with van der Waals surface area (Å²) in [5.74, 6) is -0.274. The molecule has 8 nitrogen and oxygen atoms in total. The molecule has 1 aliphatic heterocycles. The van der Waals surface area contributed by atoms with E-state index in [0.29, 0.717) is 25.8 Å². The molecule has 0 spiro atoms. The molecule has 0 unspecified atom stereocenters. The highest BCUT2D eigenvalue weighted by Crippen LogP contribution is 2.22. The normalized spacial score (nSPS) is 17.1. The van der Waals surface area contributed by atoms with Crippen molar-refractivity contribution in [3.63, 3.8) is 0 Å². The zero-order chi connectivity index (χ0) is 21.7. The average molecular weight is 408 g/mol. The van der Waals surface area contributed by atoms with Gasteiger partial charge in [0.15, 0.2) is 5.76 Å². The van der Waals surface area contributed by atoms with E-state index in [2.05, 4.69) is 10.6 Å². The summed E-state index contributed by atoms with van der Waals surface area (Å²) in [7, 11) is 0. The number of rotatable bonds is 7. The Morgan fingerprint density at radius 3 is 2.48 bits per heavy atom. The molecule has 0 saturated carbocycles. The number of carbonyl (C=O) groups excluding carboxylic acids is 3. The van der Waals surface area contributed by atoms with Gasteiger partial charge in [-0.25, -0.2) is 4.79 Å². The van der Waals surface area contributed by atoms with Gasteiger partial charge in [-0.2, -0.15) is 0 Å². The summed E-state index contributed by atoms with van der Waals surface area (Å²) >= 11 is 0. The lowest BCUT2D eigenvalue weighted by molar-refractivity contribution is -0.125. The molecule has 0 aliphatic carbocycles. The number of nitrogens with one attached hydrogen (secondary N) is 2. The van der Waals surface area contributed by atoms with Gasteiger partial charge in [-0.15, -0.1) is 0 Å². The molecule has 0 aromatic carbocycles. The van der Waals surface area contributed by atoms with Crippen LogP contribution < -0.4 is 10.6 Å². The van der Waals surface area contributed by atoms with Crippen molar-refractivity contribution < 1.29 is 23.5 Å². The van der Waals surface area contributed by atoms with Gasteiger partial charge in [0, 0.05) is 13.1 Å². The lowest BCUT2D eigenvalue weighted by Crippen LogP contribution is -2.57. The van der Waals surface area contributed by atoms with Crippen LogP contribution in [0.25, 0.3) is 0 Å². The van der Waals surface area contributed by atoms with Gasteiger partial charge in [0.1, 0.15) is 11.6 Å². The van der Waals surface area contributed by atoms with Crippen molar-refractivity contribution in [1.82, 2.24) is 15.5 Å². The van der Waals surface area contributed by atoms with Crippen molar-refractivity contribution in [2.75, 3.05) is 13.1 Å². The molecule has 1 atom stereocenters. The minimum atomic E-state index is -0.619. The maximum absolute atomic E-state index is 12.8. The molecule has 0 bridgehead atoms. The third-order valence-electron chi connectivity index (χ3n) is 5.27. The standard InChI is InChI=1S/C21H33N3O5/c1-6-21(7-2,23-19(27)29-20(3,4)5)14-22-17(25)15-10-8-12-24(15)18(26)16-11-9-13-28-16/h9,11,13,15H,6-8,10,12,14H2,1-5H3,(H,22,25)(H,23,27)/t15-/m0/s1. The third-order valence-corrected chi connectivity index (χ3v) is 5.27. The van der Waals surface area contributed by atoms with E-state index in [1.165, 1.54) is 6.26 Å². The van der Waals surface area contributed by atoms with Gasteiger partial charge in [0.25, 0.3) is 5.91 Å². The van der Waals surface area contributed by atoms with Crippen LogP contribution in [-0.2, 0) is 9.53 Å². The fraction of sp³-hybridized carbons (Fsp3) is 0.667. The Balaban J connectivity index is 2.00. The Hall–Kier alpha value is -2.51. The van der Waals surface area contributed by atoms with Crippen LogP contribution in [0.5, 0.6) is 0 Å². The number of hydrogen-bond acceptors (Lipinski definition) is 5. The summed E-state index contributed by atoms with van der Waals surface area (Å²) in [6.45, 7) is 10.1. The van der Waals surface area contributed by atoms with E-state index in [1.54, 1.807) is 37.8 Å². The van der Waals surface area contributed by atoms with Crippen molar-refractivity contribution in [2.45, 2.75) is 77.5 Å². The fourth-order valence-corrected chi connectivity index (χ4v) is 3.44. The minimum absolute atomic E-state index is 0.223. The number of carbonyl (C=O) groups is 3. The molecule has 1 aromatic heterocycles. The Morgan fingerprint density at radius 1 is 1.24 bits per heavy atom. The molecule has 3 amide bonds. The average Bonchev–Trinajstić information content (AvgIpc) is 3.34. The van der Waals surface area contributed by atoms with E-state index in [-0.39, 0.29) is 24.1 Å². The monoisotopic (exact) mass is 407 g/mol. The second-order valence-electron chi connectivity index (χ2n) is 8.47. The lowest BCUT2D eigenvalue weighted by Gasteiger charge is -2.34. The molecule has 2 rings (SSSR count). The van der Waals surface area contributed by atoms with Crippen molar-refractivity contribution in [3.05, 3.63) is 24.2 Å². The van der Waals surface area contributed by atoms with Crippen molar-refractivity contribution in [1.29, 1.82) is 0 Å². The summed E-state index contributed by atoms with van der Waals surface area (Å²) in [5, 5.41) is 5.85. The molecule has 1 saturated heterocycles. The van der Waals surface area contributed by atoms with Crippen LogP contribution in [-0.4, -0.2) is 53.1 Å². The summed E-state index contributed by atoms with van der Waals surface area (Å²) in [5.41, 5.74) is -1.22. The zero-order valence-corrected chi connectivity index (χ0v) is 18.0. The maximum Gasteiger partial charge on any atom is 0.408 e. The van der Waals surface area contributed by atoms with Gasteiger partial charge in [-0.3, -0.25) is 9.59 Å². The van der Waals surface area contributed by atoms with Crippen LogP contribution in [0, 0.1) is 0 Å². The highest BCUT2D eigenvalue weighted by Gasteiger charge is 2.37. The number of likely N-dealkylation sites (tertiary alicyclic amines) is 1. The molecular weight excluding hydrogens is 374 g/mol. The van der Waals surface area contributed by atoms with E-state index >= 15 is 0 Å². The van der Waals surface area contributed by atoms with Crippen LogP contribution in [0.2, 0.25) is 0 Å². The highest BCUT2D eigenvalue weighted by molar-refractivity contribution is 5.96. The van der Waals surface area contributed by atoms with E-state index in [9.17, 15) is 14.4 Å². The largest absolute Gasteiger partial charge is 0.459 e. The Kier molecular flexibility index (Phi) is 7.32. The number of hydrogen-bond donors (Lipinski definition) is 2. The van der Waals surface area contributed by atoms with Gasteiger partial charge >= 0.3 is 6.09 Å². The third kappa shape index (κ3) is 5.98. The first-order valence-electron chi connectivity index (χ1n) is 10.2. The molecule has 1 aromatic rings. The second kappa shape index (κ2) is 9.33. The Bertz CT molecular complexity index is 704. The number of furan rings is 1. The maximum atomic E-state index is 12.8. The summed E-state index contributed by atoms with van der Waals surface area (Å²) in [4.78, 5) is 39.2. The van der Waals surface area contributed by atoms with Gasteiger partial charge in [0.05, 0.1) is 11.8 Å². The molecule has 29 heavy (non-hydrogen) atoms. The number of amides is 3. The van der Waals surface area contributed by atoms with Crippen molar-refractivity contribution in [3.8, 4) is 0 Å². The van der Waals surface area contributed by atoms with E-state index in [1.807, 2.05) is 13.8 Å². The van der Waals surface area contributed by atoms with Crippen LogP contribution in [0.4, 0.5) is 4.79 Å². The van der Waals surface area contributed by atoms with Crippen LogP contribution in [0.3, 0.4) is 0 Å². The number of nitrogens with zero attached hydrogens (tertiary/aromatic N) is 1. The zero-order valence-electron chi connectivity index (χ0n) is 18.0. The number of ether oxygens (including phenoxy) is 1. The van der Waals surface area contributed by atoms with Gasteiger partial charge in [-0.05, 0) is 58.6 Å². The fourth-order valence-electron chi connectivity index (χ4n) is 3.44. The Labute approximate surface area is 172 Å². The molecular formula is C21H33N3O5. The lowest BCUT2D eigenvalue weighted by atomic mass is 9.92. The summed E-state index contributed by atoms with van der Waals surface area (Å²) in [6, 6.07) is 2.71. The van der Waals surface area contributed by atoms with Crippen LogP contribution in [0.1, 0.15) is 70.9 Å². The van der Waals surface area contributed by atoms with Crippen LogP contribution >= 0.6 is 0 Å². The minimum Gasteiger partial charge on any atom is -0.459 e. The first kappa shape index (κ1) is 22.8. The summed E-state index contributed by atoms with van der Waals surface area (Å²) in [6.07, 6.45) is 3.55. The summed E-state index contributed by atoms with van der Waals surface area (Å²) < 4.78 is 10.6. The van der Waals surface area contributed by atoms with Gasteiger partial charge < -0.3 is 24.7 Å². The smallest absolute Gasteiger partial charge is 0.408 e. The van der Waals surface area contributed by atoms with E-state index in [0.717, 1.165) is 6.42 Å². The topological polar surface area (TPSA) is 101 Å². The molecule has 162 valence electrons. The SMILES string of the molecule is CCC(CC)(CNC(=O)[C@@H]1CCCN1C(=O)c1ccco1)NC(=O)OC(C)(C)C. The number of alkyl carbamates (subject to hydrolysis) is 1. The molecule has 1 aliphatic rings. The highest BCUT2D eigenvalue weighted by atomic mass is 16.6. The molecule has 0 radical (unpaired) electrons. The first-order chi connectivity index (χ1) is 13.6. The second-order valence-corrected chi connectivity index (χ2v) is 8.47. The molecule has 1 fully saturated rings. The molecule has 2 N–H and O–H groups in total. The molecule has 2 heterocycles. The molecule has 8 heteroatoms. The quantitative estimate of drug-likeness (QED) is 0.723. The van der Waals surface area contributed by atoms with Crippen LogP contribution in [0.15, 0.2) is 22.8 Å².